The number of aromatic nitrogens is 5. The summed E-state index contributed by atoms with van der Waals surface area (Å²) in [4.78, 5) is 19.1. The topological polar surface area (TPSA) is 79.7 Å². The van der Waals surface area contributed by atoms with Crippen molar-refractivity contribution in [2.45, 2.75) is 18.8 Å². The molecule has 0 spiro atoms. The molecule has 134 valence electrons. The Bertz CT molecular complexity index is 916. The van der Waals surface area contributed by atoms with Crippen LogP contribution >= 0.6 is 0 Å². The van der Waals surface area contributed by atoms with Crippen LogP contribution in [0.4, 0.5) is 4.39 Å². The SMILES string of the molecule is Cn1nccc1C(=O)N1CCC[C@@H](c2nc(-c3ccc(F)cc3)n[nH]2)C1. The van der Waals surface area contributed by atoms with E-state index in [-0.39, 0.29) is 17.6 Å². The van der Waals surface area contributed by atoms with Crippen molar-refractivity contribution < 1.29 is 9.18 Å². The Balaban J connectivity index is 1.51. The quantitative estimate of drug-likeness (QED) is 0.783. The average molecular weight is 354 g/mol. The maximum Gasteiger partial charge on any atom is 0.272 e. The van der Waals surface area contributed by atoms with Crippen LogP contribution in [0, 0.1) is 5.82 Å². The number of nitrogens with one attached hydrogen (secondary N) is 1. The van der Waals surface area contributed by atoms with Crippen molar-refractivity contribution in [1.82, 2.24) is 29.9 Å². The molecule has 0 saturated carbocycles. The van der Waals surface area contributed by atoms with Gasteiger partial charge in [-0.2, -0.15) is 10.2 Å². The second kappa shape index (κ2) is 6.70. The molecule has 3 heterocycles. The van der Waals surface area contributed by atoms with Crippen molar-refractivity contribution in [3.8, 4) is 11.4 Å². The Hall–Kier alpha value is -3.03. The molecule has 2 aromatic heterocycles. The van der Waals surface area contributed by atoms with E-state index in [2.05, 4.69) is 20.3 Å². The minimum atomic E-state index is -0.291. The first kappa shape index (κ1) is 16.4. The number of carbonyl (C=O) groups excluding carboxylic acids is 1. The van der Waals surface area contributed by atoms with Crippen LogP contribution in [-0.4, -0.2) is 48.9 Å². The van der Waals surface area contributed by atoms with E-state index in [1.807, 2.05) is 4.90 Å². The number of nitrogens with zero attached hydrogens (tertiary/aromatic N) is 5. The molecule has 3 aromatic rings. The maximum absolute atomic E-state index is 13.1. The molecule has 4 rings (SSSR count). The molecule has 1 aromatic carbocycles. The van der Waals surface area contributed by atoms with Crippen molar-refractivity contribution >= 4 is 5.91 Å². The first-order valence-electron chi connectivity index (χ1n) is 8.57. The Morgan fingerprint density at radius 2 is 2.08 bits per heavy atom. The molecule has 1 aliphatic heterocycles. The van der Waals surface area contributed by atoms with Gasteiger partial charge in [0.05, 0.1) is 0 Å². The number of amides is 1. The smallest absolute Gasteiger partial charge is 0.272 e. The highest BCUT2D eigenvalue weighted by Gasteiger charge is 2.28. The van der Waals surface area contributed by atoms with Gasteiger partial charge >= 0.3 is 0 Å². The number of hydrogen-bond acceptors (Lipinski definition) is 4. The Morgan fingerprint density at radius 1 is 1.27 bits per heavy atom. The van der Waals surface area contributed by atoms with Gasteiger partial charge in [0.2, 0.25) is 0 Å². The van der Waals surface area contributed by atoms with Crippen LogP contribution < -0.4 is 0 Å². The summed E-state index contributed by atoms with van der Waals surface area (Å²) in [5.41, 5.74) is 1.34. The highest BCUT2D eigenvalue weighted by molar-refractivity contribution is 5.92. The summed E-state index contributed by atoms with van der Waals surface area (Å²) < 4.78 is 14.7. The van der Waals surface area contributed by atoms with Gasteiger partial charge in [0.1, 0.15) is 17.3 Å². The first-order chi connectivity index (χ1) is 12.6. The summed E-state index contributed by atoms with van der Waals surface area (Å²) >= 11 is 0. The third-order valence-corrected chi connectivity index (χ3v) is 4.74. The van der Waals surface area contributed by atoms with Crippen LogP contribution in [0.1, 0.15) is 35.1 Å². The van der Waals surface area contributed by atoms with Gasteiger partial charge in [-0.3, -0.25) is 14.6 Å². The second-order valence-corrected chi connectivity index (χ2v) is 6.48. The number of H-pyrrole nitrogens is 1. The number of aryl methyl sites for hydroxylation is 1. The number of hydrogen-bond donors (Lipinski definition) is 1. The van der Waals surface area contributed by atoms with Crippen LogP contribution in [0.25, 0.3) is 11.4 Å². The lowest BCUT2D eigenvalue weighted by molar-refractivity contribution is 0.0693. The number of carbonyl (C=O) groups is 1. The molecule has 7 nitrogen and oxygen atoms in total. The van der Waals surface area contributed by atoms with E-state index in [4.69, 9.17) is 0 Å². The fourth-order valence-electron chi connectivity index (χ4n) is 3.32. The monoisotopic (exact) mass is 354 g/mol. The summed E-state index contributed by atoms with van der Waals surface area (Å²) in [7, 11) is 1.76. The predicted molar refractivity (Wildman–Crippen MR) is 92.9 cm³/mol. The Kier molecular flexibility index (Phi) is 4.24. The summed E-state index contributed by atoms with van der Waals surface area (Å²) in [5, 5.41) is 11.3. The number of benzene rings is 1. The Labute approximate surface area is 149 Å². The molecule has 26 heavy (non-hydrogen) atoms. The summed E-state index contributed by atoms with van der Waals surface area (Å²) in [6.45, 7) is 1.31. The minimum Gasteiger partial charge on any atom is -0.337 e. The Morgan fingerprint density at radius 3 is 2.81 bits per heavy atom. The normalized spacial score (nSPS) is 17.5. The molecular formula is C18H19FN6O. The van der Waals surface area contributed by atoms with Crippen LogP contribution in [0.3, 0.4) is 0 Å². The zero-order valence-corrected chi connectivity index (χ0v) is 14.4. The lowest BCUT2D eigenvalue weighted by Crippen LogP contribution is -2.40. The maximum atomic E-state index is 13.1. The number of rotatable bonds is 3. The van der Waals surface area contributed by atoms with E-state index in [1.54, 1.807) is 36.1 Å². The highest BCUT2D eigenvalue weighted by Crippen LogP contribution is 2.27. The molecule has 0 bridgehead atoms. The van der Waals surface area contributed by atoms with E-state index >= 15 is 0 Å². The van der Waals surface area contributed by atoms with Crippen molar-refractivity contribution in [1.29, 1.82) is 0 Å². The third-order valence-electron chi connectivity index (χ3n) is 4.74. The lowest BCUT2D eigenvalue weighted by atomic mass is 9.97. The van der Waals surface area contributed by atoms with Gasteiger partial charge in [0.15, 0.2) is 5.82 Å². The van der Waals surface area contributed by atoms with Gasteiger partial charge in [-0.1, -0.05) is 0 Å². The largest absolute Gasteiger partial charge is 0.337 e. The van der Waals surface area contributed by atoms with Gasteiger partial charge in [0.25, 0.3) is 5.91 Å². The summed E-state index contributed by atoms with van der Waals surface area (Å²) in [6.07, 6.45) is 3.47. The fourth-order valence-corrected chi connectivity index (χ4v) is 3.32. The molecule has 0 radical (unpaired) electrons. The van der Waals surface area contributed by atoms with Crippen molar-refractivity contribution in [3.63, 3.8) is 0 Å². The molecule has 1 fully saturated rings. The second-order valence-electron chi connectivity index (χ2n) is 6.48. The van der Waals surface area contributed by atoms with Gasteiger partial charge < -0.3 is 4.90 Å². The zero-order chi connectivity index (χ0) is 18.1. The average Bonchev–Trinajstić information content (AvgIpc) is 3.31. The zero-order valence-electron chi connectivity index (χ0n) is 14.4. The molecule has 1 N–H and O–H groups in total. The summed E-state index contributed by atoms with van der Waals surface area (Å²) in [6, 6.07) is 7.82. The lowest BCUT2D eigenvalue weighted by Gasteiger charge is -2.31. The highest BCUT2D eigenvalue weighted by atomic mass is 19.1. The number of aromatic amines is 1. The number of piperidine rings is 1. The number of halogens is 1. The summed E-state index contributed by atoms with van der Waals surface area (Å²) in [5.74, 6) is 1.08. The molecule has 1 aliphatic rings. The van der Waals surface area contributed by atoms with Crippen molar-refractivity contribution in [2.24, 2.45) is 7.05 Å². The van der Waals surface area contributed by atoms with E-state index in [0.29, 0.717) is 18.1 Å². The van der Waals surface area contributed by atoms with Crippen LogP contribution in [0.15, 0.2) is 36.5 Å². The minimum absolute atomic E-state index is 0.0204. The molecule has 0 unspecified atom stereocenters. The molecule has 1 atom stereocenters. The van der Waals surface area contributed by atoms with E-state index < -0.39 is 0 Å². The van der Waals surface area contributed by atoms with E-state index in [0.717, 1.165) is 30.8 Å². The first-order valence-corrected chi connectivity index (χ1v) is 8.57. The van der Waals surface area contributed by atoms with Crippen LogP contribution in [0.5, 0.6) is 0 Å². The van der Waals surface area contributed by atoms with Gasteiger partial charge in [-0.15, -0.1) is 0 Å². The fraction of sp³-hybridized carbons (Fsp3) is 0.333. The van der Waals surface area contributed by atoms with E-state index in [1.165, 1.54) is 12.1 Å². The molecule has 1 saturated heterocycles. The predicted octanol–water partition coefficient (Wildman–Crippen LogP) is 2.36. The van der Waals surface area contributed by atoms with Crippen molar-refractivity contribution in [3.05, 3.63) is 53.9 Å². The van der Waals surface area contributed by atoms with Gasteiger partial charge in [0, 0.05) is 37.8 Å². The van der Waals surface area contributed by atoms with Crippen molar-refractivity contribution in [2.75, 3.05) is 13.1 Å². The van der Waals surface area contributed by atoms with Gasteiger partial charge in [-0.05, 0) is 43.2 Å². The molecule has 1 amide bonds. The number of likely N-dealkylation sites (tertiary alicyclic amines) is 1. The van der Waals surface area contributed by atoms with Gasteiger partial charge in [-0.25, -0.2) is 9.37 Å². The third kappa shape index (κ3) is 3.10. The molecular weight excluding hydrogens is 335 g/mol. The molecule has 0 aliphatic carbocycles. The molecule has 8 heteroatoms. The van der Waals surface area contributed by atoms with Crippen LogP contribution in [0.2, 0.25) is 0 Å². The van der Waals surface area contributed by atoms with E-state index in [9.17, 15) is 9.18 Å². The van der Waals surface area contributed by atoms with Crippen LogP contribution in [-0.2, 0) is 7.05 Å². The standard InChI is InChI=1S/C18H19FN6O/c1-24-15(8-9-20-24)18(26)25-10-2-3-13(11-25)17-21-16(22-23-17)12-4-6-14(19)7-5-12/h4-9,13H,2-3,10-11H2,1H3,(H,21,22,23)/t13-/m1/s1.